The van der Waals surface area contributed by atoms with Crippen LogP contribution in [0.25, 0.3) is 0 Å². The first kappa shape index (κ1) is 21.7. The summed E-state index contributed by atoms with van der Waals surface area (Å²) in [5.41, 5.74) is 0.0421. The van der Waals surface area contributed by atoms with Crippen LogP contribution < -0.4 is 14.8 Å². The third-order valence-corrected chi connectivity index (χ3v) is 3.96. The van der Waals surface area contributed by atoms with Gasteiger partial charge in [-0.05, 0) is 19.4 Å². The molecule has 0 aliphatic carbocycles. The highest BCUT2D eigenvalue weighted by Crippen LogP contribution is 2.35. The molecular weight excluding hydrogens is 380 g/mol. The summed E-state index contributed by atoms with van der Waals surface area (Å²) in [6.45, 7) is 3.62. The van der Waals surface area contributed by atoms with Crippen molar-refractivity contribution in [3.63, 3.8) is 0 Å². The van der Waals surface area contributed by atoms with Crippen LogP contribution in [0.1, 0.15) is 29.8 Å². The number of nitrogens with zero attached hydrogens (tertiary/aromatic N) is 1. The first-order chi connectivity index (χ1) is 13.9. The van der Waals surface area contributed by atoms with Crippen LogP contribution in [-0.4, -0.2) is 36.6 Å². The highest BCUT2D eigenvalue weighted by molar-refractivity contribution is 5.96. The molecule has 0 aromatic heterocycles. The van der Waals surface area contributed by atoms with Gasteiger partial charge in [0.25, 0.3) is 11.6 Å². The number of hydrogen-bond donors (Lipinski definition) is 1. The summed E-state index contributed by atoms with van der Waals surface area (Å²) >= 11 is 0. The van der Waals surface area contributed by atoms with Crippen LogP contribution in [0.4, 0.5) is 5.69 Å². The van der Waals surface area contributed by atoms with E-state index in [1.54, 1.807) is 6.92 Å². The third kappa shape index (κ3) is 5.68. The molecule has 0 spiro atoms. The summed E-state index contributed by atoms with van der Waals surface area (Å²) in [6, 6.07) is 11.5. The maximum absolute atomic E-state index is 12.5. The largest absolute Gasteiger partial charge is 0.493 e. The van der Waals surface area contributed by atoms with E-state index < -0.39 is 28.6 Å². The van der Waals surface area contributed by atoms with Gasteiger partial charge < -0.3 is 19.5 Å². The van der Waals surface area contributed by atoms with Crippen molar-refractivity contribution in [3.05, 3.63) is 63.7 Å². The minimum absolute atomic E-state index is 0.131. The molecule has 0 unspecified atom stereocenters. The molecule has 0 saturated heterocycles. The molecule has 9 heteroatoms. The van der Waals surface area contributed by atoms with Crippen LogP contribution in [0, 0.1) is 10.1 Å². The lowest BCUT2D eigenvalue weighted by Gasteiger charge is -2.15. The van der Waals surface area contributed by atoms with Gasteiger partial charge >= 0.3 is 5.97 Å². The average Bonchev–Trinajstić information content (AvgIpc) is 2.72. The molecule has 0 radical (unpaired) electrons. The molecule has 1 amide bonds. The van der Waals surface area contributed by atoms with E-state index in [2.05, 4.69) is 5.32 Å². The van der Waals surface area contributed by atoms with Crippen LogP contribution in [0.3, 0.4) is 0 Å². The number of rotatable bonds is 9. The predicted octanol–water partition coefficient (Wildman–Crippen LogP) is 2.86. The van der Waals surface area contributed by atoms with Crippen molar-refractivity contribution >= 4 is 17.6 Å². The van der Waals surface area contributed by atoms with Gasteiger partial charge in [0.15, 0.2) is 17.6 Å². The normalized spacial score (nSPS) is 11.3. The zero-order valence-electron chi connectivity index (χ0n) is 16.3. The molecule has 1 atom stereocenters. The fourth-order valence-corrected chi connectivity index (χ4v) is 2.50. The molecule has 1 N–H and O–H groups in total. The quantitative estimate of drug-likeness (QED) is 0.389. The van der Waals surface area contributed by atoms with Gasteiger partial charge in [-0.15, -0.1) is 0 Å². The number of nitrogens with one attached hydrogen (secondary N) is 1. The number of nitro groups is 1. The van der Waals surface area contributed by atoms with Gasteiger partial charge in [-0.3, -0.25) is 14.9 Å². The molecule has 0 aliphatic rings. The van der Waals surface area contributed by atoms with Crippen molar-refractivity contribution in [2.75, 3.05) is 13.7 Å². The van der Waals surface area contributed by atoms with Crippen LogP contribution in [0.15, 0.2) is 42.5 Å². The van der Waals surface area contributed by atoms with E-state index in [4.69, 9.17) is 14.2 Å². The Morgan fingerprint density at radius 1 is 1.17 bits per heavy atom. The summed E-state index contributed by atoms with van der Waals surface area (Å²) in [5, 5.41) is 14.0. The molecule has 0 saturated carbocycles. The summed E-state index contributed by atoms with van der Waals surface area (Å²) in [4.78, 5) is 35.4. The summed E-state index contributed by atoms with van der Waals surface area (Å²) in [5.74, 6) is -1.26. The van der Waals surface area contributed by atoms with E-state index in [9.17, 15) is 19.7 Å². The molecule has 0 bridgehead atoms. The van der Waals surface area contributed by atoms with E-state index in [1.807, 2.05) is 30.3 Å². The van der Waals surface area contributed by atoms with E-state index in [0.29, 0.717) is 0 Å². The Hall–Kier alpha value is -3.62. The molecule has 0 fully saturated rings. The zero-order valence-corrected chi connectivity index (χ0v) is 16.3. The lowest BCUT2D eigenvalue weighted by molar-refractivity contribution is -0.385. The van der Waals surface area contributed by atoms with Gasteiger partial charge in [-0.2, -0.15) is 0 Å². The second-order valence-corrected chi connectivity index (χ2v) is 5.96. The van der Waals surface area contributed by atoms with Crippen LogP contribution in [0.5, 0.6) is 11.5 Å². The Morgan fingerprint density at radius 2 is 1.86 bits per heavy atom. The van der Waals surface area contributed by atoms with Crippen molar-refractivity contribution in [1.29, 1.82) is 0 Å². The zero-order chi connectivity index (χ0) is 21.4. The predicted molar refractivity (Wildman–Crippen MR) is 104 cm³/mol. The minimum Gasteiger partial charge on any atom is -0.493 e. The maximum atomic E-state index is 12.5. The molecule has 9 nitrogen and oxygen atoms in total. The smallest absolute Gasteiger partial charge is 0.346 e. The van der Waals surface area contributed by atoms with Crippen molar-refractivity contribution in [2.45, 2.75) is 26.5 Å². The number of ether oxygens (including phenoxy) is 3. The average molecular weight is 402 g/mol. The monoisotopic (exact) mass is 402 g/mol. The SMILES string of the molecule is CCOc1cc([N+](=O)[O-])c(C(=O)O[C@H](C)C(=O)NCc2ccccc2)cc1OC. The lowest BCUT2D eigenvalue weighted by Crippen LogP contribution is -2.35. The third-order valence-electron chi connectivity index (χ3n) is 3.96. The Balaban J connectivity index is 2.13. The number of benzene rings is 2. The molecule has 2 aromatic rings. The summed E-state index contributed by atoms with van der Waals surface area (Å²) in [7, 11) is 1.35. The summed E-state index contributed by atoms with van der Waals surface area (Å²) in [6.07, 6.45) is -1.15. The Morgan fingerprint density at radius 3 is 2.45 bits per heavy atom. The topological polar surface area (TPSA) is 117 Å². The fraction of sp³-hybridized carbons (Fsp3) is 0.300. The lowest BCUT2D eigenvalue weighted by atomic mass is 10.1. The number of methoxy groups -OCH3 is 1. The van der Waals surface area contributed by atoms with Gasteiger partial charge in [0.05, 0.1) is 24.7 Å². The van der Waals surface area contributed by atoms with E-state index >= 15 is 0 Å². The number of esters is 1. The van der Waals surface area contributed by atoms with Crippen molar-refractivity contribution in [1.82, 2.24) is 5.32 Å². The Kier molecular flexibility index (Phi) is 7.53. The summed E-state index contributed by atoms with van der Waals surface area (Å²) < 4.78 is 15.6. The second-order valence-electron chi connectivity index (χ2n) is 5.96. The van der Waals surface area contributed by atoms with Crippen LogP contribution in [-0.2, 0) is 16.1 Å². The molecule has 2 aromatic carbocycles. The first-order valence-corrected chi connectivity index (χ1v) is 8.89. The highest BCUT2D eigenvalue weighted by Gasteiger charge is 2.28. The van der Waals surface area contributed by atoms with E-state index in [1.165, 1.54) is 20.1 Å². The van der Waals surface area contributed by atoms with Gasteiger partial charge in [0, 0.05) is 12.6 Å². The van der Waals surface area contributed by atoms with Crippen molar-refractivity contribution in [3.8, 4) is 11.5 Å². The standard InChI is InChI=1S/C20H22N2O7/c1-4-28-18-11-16(22(25)26)15(10-17(18)27-3)20(24)29-13(2)19(23)21-12-14-8-6-5-7-9-14/h5-11,13H,4,12H2,1-3H3,(H,21,23)/t13-/m1/s1. The molecule has 0 aliphatic heterocycles. The van der Waals surface area contributed by atoms with Gasteiger partial charge in [0.1, 0.15) is 5.56 Å². The Labute approximate surface area is 167 Å². The number of carbonyl (C=O) groups excluding carboxylic acids is 2. The second kappa shape index (κ2) is 10.1. The van der Waals surface area contributed by atoms with Crippen molar-refractivity contribution < 1.29 is 28.7 Å². The highest BCUT2D eigenvalue weighted by atomic mass is 16.6. The van der Waals surface area contributed by atoms with E-state index in [0.717, 1.165) is 11.6 Å². The number of hydrogen-bond acceptors (Lipinski definition) is 7. The maximum Gasteiger partial charge on any atom is 0.346 e. The molecule has 154 valence electrons. The number of nitro benzene ring substituents is 1. The molecule has 0 heterocycles. The number of amides is 1. The first-order valence-electron chi connectivity index (χ1n) is 8.89. The minimum atomic E-state index is -1.15. The van der Waals surface area contributed by atoms with Crippen molar-refractivity contribution in [2.24, 2.45) is 0 Å². The number of carbonyl (C=O) groups is 2. The molecule has 29 heavy (non-hydrogen) atoms. The van der Waals surface area contributed by atoms with Gasteiger partial charge in [-0.25, -0.2) is 4.79 Å². The van der Waals surface area contributed by atoms with Crippen LogP contribution in [0.2, 0.25) is 0 Å². The van der Waals surface area contributed by atoms with Gasteiger partial charge in [-0.1, -0.05) is 30.3 Å². The van der Waals surface area contributed by atoms with Gasteiger partial charge in [0.2, 0.25) is 0 Å². The molecule has 2 rings (SSSR count). The fourth-order valence-electron chi connectivity index (χ4n) is 2.50. The van der Waals surface area contributed by atoms with E-state index in [-0.39, 0.29) is 30.2 Å². The molecular formula is C20H22N2O7. The van der Waals surface area contributed by atoms with Crippen LogP contribution >= 0.6 is 0 Å². The Bertz CT molecular complexity index is 884.